The molecule has 0 bridgehead atoms. The number of methoxy groups -OCH3 is 1. The molecule has 0 aliphatic carbocycles. The van der Waals surface area contributed by atoms with Crippen LogP contribution in [0.3, 0.4) is 0 Å². The summed E-state index contributed by atoms with van der Waals surface area (Å²) in [7, 11) is 1.60. The van der Waals surface area contributed by atoms with Gasteiger partial charge in [-0.1, -0.05) is 0 Å². The van der Waals surface area contributed by atoms with Crippen LogP contribution in [0.1, 0.15) is 17.8 Å². The van der Waals surface area contributed by atoms with Gasteiger partial charge in [-0.15, -0.1) is 0 Å². The summed E-state index contributed by atoms with van der Waals surface area (Å²) < 4.78 is 5.26. The minimum atomic E-state index is -0.850. The second-order valence-electron chi connectivity index (χ2n) is 4.52. The number of hydrogen-bond donors (Lipinski definition) is 1. The normalized spacial score (nSPS) is 23.4. The molecule has 1 fully saturated rings. The fraction of sp³-hybridized carbons (Fsp3) is 0.583. The van der Waals surface area contributed by atoms with Crippen molar-refractivity contribution in [3.8, 4) is 0 Å². The van der Waals surface area contributed by atoms with Gasteiger partial charge in [0.1, 0.15) is 6.04 Å². The monoisotopic (exact) mass is 251 g/mol. The molecule has 1 aromatic heterocycles. The summed E-state index contributed by atoms with van der Waals surface area (Å²) in [5, 5.41) is 9.27. The molecule has 1 N–H and O–H groups in total. The van der Waals surface area contributed by atoms with E-state index in [0.717, 1.165) is 11.4 Å². The molecule has 6 nitrogen and oxygen atoms in total. The van der Waals surface area contributed by atoms with Crippen LogP contribution in [0, 0.1) is 13.8 Å². The molecule has 2 rings (SSSR count). The number of aliphatic carboxylic acids is 1. The molecule has 2 heterocycles. The predicted molar refractivity (Wildman–Crippen MR) is 65.7 cm³/mol. The van der Waals surface area contributed by atoms with Gasteiger partial charge in [-0.3, -0.25) is 4.98 Å². The average molecular weight is 251 g/mol. The Kier molecular flexibility index (Phi) is 3.47. The van der Waals surface area contributed by atoms with Gasteiger partial charge in [-0.05, 0) is 13.8 Å². The second-order valence-corrected chi connectivity index (χ2v) is 4.52. The van der Waals surface area contributed by atoms with Crippen LogP contribution in [0.25, 0.3) is 0 Å². The fourth-order valence-corrected chi connectivity index (χ4v) is 2.23. The van der Waals surface area contributed by atoms with Gasteiger partial charge in [0, 0.05) is 26.3 Å². The predicted octanol–water partition coefficient (Wildman–Crippen LogP) is 0.772. The van der Waals surface area contributed by atoms with Crippen LogP contribution >= 0.6 is 0 Å². The van der Waals surface area contributed by atoms with Gasteiger partial charge < -0.3 is 14.7 Å². The minimum Gasteiger partial charge on any atom is -0.480 e. The molecular formula is C12H17N3O3. The van der Waals surface area contributed by atoms with Crippen molar-refractivity contribution >= 4 is 11.8 Å². The number of carboxylic acid groups (broad SMARTS) is 1. The molecule has 18 heavy (non-hydrogen) atoms. The number of ether oxygens (including phenoxy) is 1. The van der Waals surface area contributed by atoms with Crippen LogP contribution in [0.15, 0.2) is 6.20 Å². The van der Waals surface area contributed by atoms with Crippen LogP contribution in [0.5, 0.6) is 0 Å². The average Bonchev–Trinajstić information content (AvgIpc) is 2.76. The first-order chi connectivity index (χ1) is 8.52. The number of hydrogen-bond acceptors (Lipinski definition) is 5. The molecule has 1 aromatic rings. The third-order valence-electron chi connectivity index (χ3n) is 3.20. The Hall–Kier alpha value is -1.69. The van der Waals surface area contributed by atoms with Crippen molar-refractivity contribution in [3.05, 3.63) is 17.6 Å². The first-order valence-electron chi connectivity index (χ1n) is 5.85. The highest BCUT2D eigenvalue weighted by Crippen LogP contribution is 2.27. The second kappa shape index (κ2) is 4.89. The topological polar surface area (TPSA) is 75.6 Å². The van der Waals surface area contributed by atoms with E-state index in [2.05, 4.69) is 9.97 Å². The van der Waals surface area contributed by atoms with Crippen molar-refractivity contribution in [2.75, 3.05) is 18.6 Å². The van der Waals surface area contributed by atoms with Crippen molar-refractivity contribution < 1.29 is 14.6 Å². The lowest BCUT2D eigenvalue weighted by Gasteiger charge is -2.23. The smallest absolute Gasteiger partial charge is 0.326 e. The van der Waals surface area contributed by atoms with Crippen molar-refractivity contribution in [3.63, 3.8) is 0 Å². The van der Waals surface area contributed by atoms with E-state index in [1.54, 1.807) is 18.2 Å². The Morgan fingerprint density at radius 2 is 2.28 bits per heavy atom. The molecule has 1 aliphatic heterocycles. The molecule has 0 amide bonds. The minimum absolute atomic E-state index is 0.0761. The molecule has 2 atom stereocenters. The van der Waals surface area contributed by atoms with Crippen molar-refractivity contribution in [1.29, 1.82) is 0 Å². The van der Waals surface area contributed by atoms with Gasteiger partial charge in [-0.25, -0.2) is 9.78 Å². The van der Waals surface area contributed by atoms with Crippen LogP contribution < -0.4 is 4.90 Å². The summed E-state index contributed by atoms with van der Waals surface area (Å²) in [6.45, 7) is 4.21. The van der Waals surface area contributed by atoms with Gasteiger partial charge in [0.15, 0.2) is 5.82 Å². The zero-order chi connectivity index (χ0) is 13.3. The zero-order valence-corrected chi connectivity index (χ0v) is 10.8. The summed E-state index contributed by atoms with van der Waals surface area (Å²) >= 11 is 0. The Morgan fingerprint density at radius 3 is 2.89 bits per heavy atom. The first kappa shape index (κ1) is 12.8. The Morgan fingerprint density at radius 1 is 1.56 bits per heavy atom. The van der Waals surface area contributed by atoms with Crippen molar-refractivity contribution in [2.45, 2.75) is 32.4 Å². The third-order valence-corrected chi connectivity index (χ3v) is 3.20. The molecule has 0 radical (unpaired) electrons. The molecular weight excluding hydrogens is 234 g/mol. The van der Waals surface area contributed by atoms with E-state index in [9.17, 15) is 9.90 Å². The first-order valence-corrected chi connectivity index (χ1v) is 5.85. The standard InChI is InChI=1S/C12H17N3O3/c1-7-5-13-8(2)11(14-7)15-6-9(18-3)4-10(15)12(16)17/h5,9-10H,4,6H2,1-3H3,(H,16,17). The van der Waals surface area contributed by atoms with E-state index in [1.807, 2.05) is 13.8 Å². The maximum atomic E-state index is 11.3. The van der Waals surface area contributed by atoms with Crippen LogP contribution in [-0.2, 0) is 9.53 Å². The van der Waals surface area contributed by atoms with E-state index in [0.29, 0.717) is 18.8 Å². The largest absolute Gasteiger partial charge is 0.480 e. The van der Waals surface area contributed by atoms with Crippen molar-refractivity contribution in [2.24, 2.45) is 0 Å². The van der Waals surface area contributed by atoms with Gasteiger partial charge in [-0.2, -0.15) is 0 Å². The number of aromatic nitrogens is 2. The van der Waals surface area contributed by atoms with Gasteiger partial charge in [0.25, 0.3) is 0 Å². The quantitative estimate of drug-likeness (QED) is 0.855. The number of aryl methyl sites for hydroxylation is 2. The molecule has 0 aromatic carbocycles. The Labute approximate surface area is 106 Å². The lowest BCUT2D eigenvalue weighted by atomic mass is 10.2. The fourth-order valence-electron chi connectivity index (χ4n) is 2.23. The molecule has 1 saturated heterocycles. The summed E-state index contributed by atoms with van der Waals surface area (Å²) in [6.07, 6.45) is 2.08. The number of nitrogens with zero attached hydrogens (tertiary/aromatic N) is 3. The maximum Gasteiger partial charge on any atom is 0.326 e. The van der Waals surface area contributed by atoms with E-state index < -0.39 is 12.0 Å². The number of carboxylic acids is 1. The number of anilines is 1. The number of carbonyl (C=O) groups is 1. The summed E-state index contributed by atoms with van der Waals surface area (Å²) in [5.74, 6) is -0.209. The maximum absolute atomic E-state index is 11.3. The Bertz CT molecular complexity index is 464. The summed E-state index contributed by atoms with van der Waals surface area (Å²) in [4.78, 5) is 21.7. The molecule has 98 valence electrons. The molecule has 2 unspecified atom stereocenters. The van der Waals surface area contributed by atoms with Crippen LogP contribution in [-0.4, -0.2) is 46.8 Å². The molecule has 0 spiro atoms. The van der Waals surface area contributed by atoms with E-state index in [1.165, 1.54) is 0 Å². The van der Waals surface area contributed by atoms with Gasteiger partial charge >= 0.3 is 5.97 Å². The summed E-state index contributed by atoms with van der Waals surface area (Å²) in [6, 6.07) is -0.593. The summed E-state index contributed by atoms with van der Waals surface area (Å²) in [5.41, 5.74) is 1.52. The molecule has 1 aliphatic rings. The Balaban J connectivity index is 2.35. The third kappa shape index (κ3) is 2.28. The van der Waals surface area contributed by atoms with Crippen LogP contribution in [0.4, 0.5) is 5.82 Å². The molecule has 0 saturated carbocycles. The SMILES string of the molecule is COC1CC(C(=O)O)N(c2nc(C)cnc2C)C1. The highest BCUT2D eigenvalue weighted by molar-refractivity contribution is 5.79. The van der Waals surface area contributed by atoms with Gasteiger partial charge in [0.2, 0.25) is 0 Å². The zero-order valence-electron chi connectivity index (χ0n) is 10.8. The van der Waals surface area contributed by atoms with Crippen LogP contribution in [0.2, 0.25) is 0 Å². The van der Waals surface area contributed by atoms with E-state index >= 15 is 0 Å². The van der Waals surface area contributed by atoms with E-state index in [4.69, 9.17) is 4.74 Å². The van der Waals surface area contributed by atoms with Gasteiger partial charge in [0.05, 0.1) is 17.5 Å². The van der Waals surface area contributed by atoms with E-state index in [-0.39, 0.29) is 6.10 Å². The van der Waals surface area contributed by atoms with Crippen molar-refractivity contribution in [1.82, 2.24) is 9.97 Å². The number of rotatable bonds is 3. The lowest BCUT2D eigenvalue weighted by Crippen LogP contribution is -2.37. The lowest BCUT2D eigenvalue weighted by molar-refractivity contribution is -0.138. The highest BCUT2D eigenvalue weighted by Gasteiger charge is 2.38. The molecule has 6 heteroatoms. The highest BCUT2D eigenvalue weighted by atomic mass is 16.5.